The van der Waals surface area contributed by atoms with Gasteiger partial charge in [0.1, 0.15) is 5.52 Å². The lowest BCUT2D eigenvalue weighted by molar-refractivity contribution is -0.132. The Morgan fingerprint density at radius 2 is 2.14 bits per heavy atom. The molecule has 8 nitrogen and oxygen atoms in total. The Morgan fingerprint density at radius 3 is 2.68 bits per heavy atom. The average Bonchev–Trinajstić information content (AvgIpc) is 3.29. The van der Waals surface area contributed by atoms with Crippen LogP contribution < -0.4 is 5.56 Å². The second-order valence-electron chi connectivity index (χ2n) is 7.76. The van der Waals surface area contributed by atoms with Crippen LogP contribution in [0.4, 0.5) is 0 Å². The zero-order valence-corrected chi connectivity index (χ0v) is 16.7. The van der Waals surface area contributed by atoms with Gasteiger partial charge >= 0.3 is 0 Å². The van der Waals surface area contributed by atoms with Gasteiger partial charge in [0.25, 0.3) is 5.56 Å². The van der Waals surface area contributed by atoms with Gasteiger partial charge in [-0.15, -0.1) is 0 Å². The van der Waals surface area contributed by atoms with Crippen molar-refractivity contribution >= 4 is 11.4 Å². The number of likely N-dealkylation sites (N-methyl/N-ethyl adjacent to an activating group) is 1. The lowest BCUT2D eigenvalue weighted by Crippen LogP contribution is -2.52. The molecule has 1 N–H and O–H groups in total. The van der Waals surface area contributed by atoms with Crippen LogP contribution in [0, 0.1) is 5.41 Å². The van der Waals surface area contributed by atoms with Crippen molar-refractivity contribution in [2.75, 3.05) is 7.05 Å². The number of carbonyl (C=O) groups is 1. The molecule has 4 rings (SSSR count). The number of hydrogen-bond acceptors (Lipinski definition) is 4. The molecule has 0 radical (unpaired) electrons. The molecule has 3 aromatic rings. The van der Waals surface area contributed by atoms with E-state index in [1.54, 1.807) is 38.8 Å². The molecule has 8 heteroatoms. The highest BCUT2D eigenvalue weighted by molar-refractivity contribution is 5.87. The largest absolute Gasteiger partial charge is 0.339 e. The smallest absolute Gasteiger partial charge is 0.274 e. The monoisotopic (exact) mass is 382 g/mol. The Labute approximate surface area is 163 Å². The molecule has 1 saturated carbocycles. The minimum atomic E-state index is -0.154. The fraction of sp³-hybridized carbons (Fsp3) is 0.400. The maximum Gasteiger partial charge on any atom is 0.274 e. The van der Waals surface area contributed by atoms with Crippen molar-refractivity contribution in [2.45, 2.75) is 32.7 Å². The number of amides is 1. The van der Waals surface area contributed by atoms with E-state index in [1.165, 1.54) is 12.5 Å². The predicted octanol–water partition coefficient (Wildman–Crippen LogP) is 2.24. The zero-order valence-electron chi connectivity index (χ0n) is 16.7. The second kappa shape index (κ2) is 7.46. The molecule has 3 aromatic heterocycles. The van der Waals surface area contributed by atoms with E-state index in [0.717, 1.165) is 12.0 Å². The third kappa shape index (κ3) is 3.76. The van der Waals surface area contributed by atoms with E-state index in [4.69, 9.17) is 0 Å². The highest BCUT2D eigenvalue weighted by Crippen LogP contribution is 2.42. The molecule has 0 saturated heterocycles. The Bertz CT molecular complexity index is 1060. The van der Waals surface area contributed by atoms with Gasteiger partial charge in [0, 0.05) is 31.9 Å². The molecule has 0 bridgehead atoms. The van der Waals surface area contributed by atoms with Gasteiger partial charge in [0.15, 0.2) is 0 Å². The fourth-order valence-corrected chi connectivity index (χ4v) is 3.51. The Hall–Kier alpha value is -3.16. The molecule has 28 heavy (non-hydrogen) atoms. The van der Waals surface area contributed by atoms with E-state index < -0.39 is 0 Å². The summed E-state index contributed by atoms with van der Waals surface area (Å²) in [4.78, 5) is 27.5. The number of fused-ring (bicyclic) bond motifs is 1. The number of aromatic nitrogens is 5. The SMILES string of the molecule is C=CC(=O)N(C)C1CCC1(C)C.Cn1cc(-c2cn3nccc3c(=O)[nH]2)cn1. The van der Waals surface area contributed by atoms with Gasteiger partial charge in [0.2, 0.25) is 5.91 Å². The lowest BCUT2D eigenvalue weighted by atomic mass is 9.66. The van der Waals surface area contributed by atoms with E-state index in [0.29, 0.717) is 22.7 Å². The summed E-state index contributed by atoms with van der Waals surface area (Å²) >= 11 is 0. The topological polar surface area (TPSA) is 88.3 Å². The highest BCUT2D eigenvalue weighted by Gasteiger charge is 2.41. The molecule has 0 spiro atoms. The first-order valence-electron chi connectivity index (χ1n) is 9.18. The number of hydrogen-bond donors (Lipinski definition) is 1. The van der Waals surface area contributed by atoms with Gasteiger partial charge in [-0.1, -0.05) is 20.4 Å². The minimum absolute atomic E-state index is 0.0350. The van der Waals surface area contributed by atoms with Crippen molar-refractivity contribution in [3.63, 3.8) is 0 Å². The van der Waals surface area contributed by atoms with Gasteiger partial charge in [-0.25, -0.2) is 4.52 Å². The maximum absolute atomic E-state index is 11.7. The third-order valence-electron chi connectivity index (χ3n) is 5.37. The number of nitrogens with zero attached hydrogens (tertiary/aromatic N) is 5. The molecule has 1 aliphatic carbocycles. The van der Waals surface area contributed by atoms with Gasteiger partial charge in [-0.05, 0) is 30.4 Å². The molecular formula is C20H26N6O2. The van der Waals surface area contributed by atoms with Crippen LogP contribution >= 0.6 is 0 Å². The van der Waals surface area contributed by atoms with Gasteiger partial charge in [-0.2, -0.15) is 10.2 Å². The number of H-pyrrole nitrogens is 1. The Morgan fingerprint density at radius 1 is 1.39 bits per heavy atom. The quantitative estimate of drug-likeness (QED) is 0.704. The first-order valence-corrected chi connectivity index (χ1v) is 9.18. The van der Waals surface area contributed by atoms with Crippen molar-refractivity contribution in [3.8, 4) is 11.3 Å². The van der Waals surface area contributed by atoms with E-state index in [2.05, 4.69) is 35.6 Å². The van der Waals surface area contributed by atoms with Crippen LogP contribution in [0.3, 0.4) is 0 Å². The molecule has 1 atom stereocenters. The minimum Gasteiger partial charge on any atom is -0.339 e. The summed E-state index contributed by atoms with van der Waals surface area (Å²) in [6.45, 7) is 7.88. The fourth-order valence-electron chi connectivity index (χ4n) is 3.51. The lowest BCUT2D eigenvalue weighted by Gasteiger charge is -2.49. The average molecular weight is 382 g/mol. The molecule has 1 aliphatic rings. The molecular weight excluding hydrogens is 356 g/mol. The van der Waals surface area contributed by atoms with Crippen molar-refractivity contribution in [2.24, 2.45) is 12.5 Å². The van der Waals surface area contributed by atoms with Crippen LogP contribution in [0.5, 0.6) is 0 Å². The standard InChI is InChI=1S/C10H9N5O.C10H17NO/c1-14-5-7(4-12-14)8-6-15-9(2-3-11-15)10(16)13-8;1-5-9(12)11(4)8-6-7-10(8,2)3/h2-6H,1H3,(H,13,16);5,8H,1,6-7H2,2-4H3. The summed E-state index contributed by atoms with van der Waals surface area (Å²) in [6.07, 6.45) is 10.6. The highest BCUT2D eigenvalue weighted by atomic mass is 16.2. The third-order valence-corrected chi connectivity index (χ3v) is 5.37. The molecule has 0 aromatic carbocycles. The molecule has 0 aliphatic heterocycles. The van der Waals surface area contributed by atoms with Crippen LogP contribution in [0.15, 0.2) is 48.3 Å². The molecule has 1 unspecified atom stereocenters. The summed E-state index contributed by atoms with van der Waals surface area (Å²) in [6, 6.07) is 2.08. The van der Waals surface area contributed by atoms with Crippen LogP contribution in [-0.4, -0.2) is 48.3 Å². The van der Waals surface area contributed by atoms with E-state index >= 15 is 0 Å². The molecule has 1 fully saturated rings. The molecule has 148 valence electrons. The first kappa shape index (κ1) is 19.6. The number of carbonyl (C=O) groups excluding carboxylic acids is 1. The van der Waals surface area contributed by atoms with E-state index in [1.807, 2.05) is 20.3 Å². The normalized spacial score (nSPS) is 17.4. The molecule has 1 amide bonds. The van der Waals surface area contributed by atoms with Crippen LogP contribution in [0.1, 0.15) is 26.7 Å². The van der Waals surface area contributed by atoms with Gasteiger partial charge in [-0.3, -0.25) is 14.3 Å². The zero-order chi connectivity index (χ0) is 20.5. The summed E-state index contributed by atoms with van der Waals surface area (Å²) in [5.41, 5.74) is 2.24. The maximum atomic E-state index is 11.7. The van der Waals surface area contributed by atoms with Gasteiger partial charge < -0.3 is 9.88 Å². The Kier molecular flexibility index (Phi) is 5.22. The summed E-state index contributed by atoms with van der Waals surface area (Å²) < 4.78 is 3.24. The predicted molar refractivity (Wildman–Crippen MR) is 108 cm³/mol. The summed E-state index contributed by atoms with van der Waals surface area (Å²) in [7, 11) is 3.68. The van der Waals surface area contributed by atoms with Gasteiger partial charge in [0.05, 0.1) is 24.3 Å². The van der Waals surface area contributed by atoms with Crippen molar-refractivity contribution in [1.29, 1.82) is 0 Å². The number of nitrogens with one attached hydrogen (secondary N) is 1. The van der Waals surface area contributed by atoms with Crippen molar-refractivity contribution in [1.82, 2.24) is 29.3 Å². The number of aromatic amines is 1. The first-order chi connectivity index (χ1) is 13.2. The van der Waals surface area contributed by atoms with Crippen molar-refractivity contribution in [3.05, 3.63) is 53.9 Å². The second-order valence-corrected chi connectivity index (χ2v) is 7.76. The number of aryl methyl sites for hydroxylation is 1. The van der Waals surface area contributed by atoms with Crippen LogP contribution in [0.2, 0.25) is 0 Å². The van der Waals surface area contributed by atoms with Crippen molar-refractivity contribution < 1.29 is 4.79 Å². The number of rotatable bonds is 3. The summed E-state index contributed by atoms with van der Waals surface area (Å²) in [5.74, 6) is 0.0350. The Balaban J connectivity index is 0.000000169. The van der Waals surface area contributed by atoms with Crippen LogP contribution in [0.25, 0.3) is 16.8 Å². The van der Waals surface area contributed by atoms with E-state index in [-0.39, 0.29) is 11.5 Å². The van der Waals surface area contributed by atoms with E-state index in [9.17, 15) is 9.59 Å². The summed E-state index contributed by atoms with van der Waals surface area (Å²) in [5, 5.41) is 8.10. The van der Waals surface area contributed by atoms with Crippen LogP contribution in [-0.2, 0) is 11.8 Å². The molecule has 3 heterocycles.